The molecule has 2 aromatic rings. The summed E-state index contributed by atoms with van der Waals surface area (Å²) in [5.41, 5.74) is 0.295. The third-order valence-corrected chi connectivity index (χ3v) is 2.68. The number of halogens is 1. The van der Waals surface area contributed by atoms with E-state index >= 15 is 0 Å². The van der Waals surface area contributed by atoms with Crippen LogP contribution >= 0.6 is 22.9 Å². The summed E-state index contributed by atoms with van der Waals surface area (Å²) in [6, 6.07) is 10.8. The Bertz CT molecular complexity index is 525. The van der Waals surface area contributed by atoms with Crippen LogP contribution in [0.3, 0.4) is 0 Å². The van der Waals surface area contributed by atoms with Gasteiger partial charge in [0.2, 0.25) is 0 Å². The Morgan fingerprint density at radius 2 is 1.80 bits per heavy atom. The van der Waals surface area contributed by atoms with E-state index in [9.17, 15) is 9.90 Å². The van der Waals surface area contributed by atoms with Crippen molar-refractivity contribution in [3.05, 3.63) is 42.0 Å². The zero-order valence-electron chi connectivity index (χ0n) is 7.70. The van der Waals surface area contributed by atoms with Crippen LogP contribution in [0.15, 0.2) is 36.4 Å². The molecular formula is C11H8INO2. The fourth-order valence-electron chi connectivity index (χ4n) is 1.46. The average molecular weight is 313 g/mol. The van der Waals surface area contributed by atoms with Crippen LogP contribution in [0.4, 0.5) is 0 Å². The van der Waals surface area contributed by atoms with Crippen LogP contribution in [-0.4, -0.2) is 11.0 Å². The van der Waals surface area contributed by atoms with Crippen LogP contribution in [0, 0.1) is 0 Å². The maximum atomic E-state index is 11.4. The van der Waals surface area contributed by atoms with Crippen molar-refractivity contribution >= 4 is 39.5 Å². The van der Waals surface area contributed by atoms with E-state index in [1.165, 1.54) is 0 Å². The number of carbonyl (C=O) groups is 1. The van der Waals surface area contributed by atoms with Gasteiger partial charge in [0.05, 0.1) is 28.4 Å². The van der Waals surface area contributed by atoms with Crippen molar-refractivity contribution in [3.63, 3.8) is 0 Å². The van der Waals surface area contributed by atoms with Crippen molar-refractivity contribution in [2.75, 3.05) is 0 Å². The van der Waals surface area contributed by atoms with E-state index in [0.29, 0.717) is 5.56 Å². The minimum atomic E-state index is -0.293. The standard InChI is InChI=1S/C11H8INO2/c12-13-11(15)9-5-7-3-1-2-4-8(7)6-10(9)14/h1-6,14H,(H,13,15). The Balaban J connectivity index is 2.67. The van der Waals surface area contributed by atoms with Gasteiger partial charge in [-0.3, -0.25) is 8.32 Å². The predicted molar refractivity (Wildman–Crippen MR) is 67.1 cm³/mol. The molecule has 0 fully saturated rings. The van der Waals surface area contributed by atoms with Crippen molar-refractivity contribution in [3.8, 4) is 5.75 Å². The minimum Gasteiger partial charge on any atom is -0.507 e. The Kier molecular flexibility index (Phi) is 2.77. The number of hydrogen-bond donors (Lipinski definition) is 2. The molecule has 0 saturated carbocycles. The lowest BCUT2D eigenvalue weighted by molar-refractivity contribution is 0.0987. The molecule has 0 aliphatic rings. The van der Waals surface area contributed by atoms with E-state index in [1.807, 2.05) is 24.3 Å². The van der Waals surface area contributed by atoms with Gasteiger partial charge < -0.3 is 5.11 Å². The maximum Gasteiger partial charge on any atom is 0.263 e. The number of aromatic hydroxyl groups is 1. The molecule has 0 aromatic heterocycles. The second kappa shape index (κ2) is 4.06. The summed E-state index contributed by atoms with van der Waals surface area (Å²) in [6.45, 7) is 0. The van der Waals surface area contributed by atoms with E-state index in [-0.39, 0.29) is 11.7 Å². The number of carbonyl (C=O) groups excluding carboxylic acids is 1. The summed E-state index contributed by atoms with van der Waals surface area (Å²) < 4.78 is 2.46. The van der Waals surface area contributed by atoms with Gasteiger partial charge in [-0.15, -0.1) is 0 Å². The first-order chi connectivity index (χ1) is 7.22. The van der Waals surface area contributed by atoms with Gasteiger partial charge in [-0.25, -0.2) is 0 Å². The van der Waals surface area contributed by atoms with Crippen LogP contribution in [-0.2, 0) is 0 Å². The topological polar surface area (TPSA) is 49.3 Å². The third kappa shape index (κ3) is 1.90. The molecule has 0 unspecified atom stereocenters. The fourth-order valence-corrected chi connectivity index (χ4v) is 1.75. The van der Waals surface area contributed by atoms with Crippen molar-refractivity contribution in [2.45, 2.75) is 0 Å². The minimum absolute atomic E-state index is 0.00265. The normalized spacial score (nSPS) is 10.2. The molecule has 4 heteroatoms. The Hall–Kier alpha value is -1.30. The molecule has 76 valence electrons. The molecule has 3 nitrogen and oxygen atoms in total. The van der Waals surface area contributed by atoms with Gasteiger partial charge >= 0.3 is 0 Å². The van der Waals surface area contributed by atoms with Gasteiger partial charge in [-0.05, 0) is 22.9 Å². The number of rotatable bonds is 1. The van der Waals surface area contributed by atoms with E-state index in [4.69, 9.17) is 0 Å². The first-order valence-electron chi connectivity index (χ1n) is 4.35. The highest BCUT2D eigenvalue weighted by Crippen LogP contribution is 2.24. The monoisotopic (exact) mass is 313 g/mol. The molecule has 0 radical (unpaired) electrons. The molecule has 1 amide bonds. The molecular weight excluding hydrogens is 305 g/mol. The lowest BCUT2D eigenvalue weighted by Gasteiger charge is -2.04. The number of hydrogen-bond acceptors (Lipinski definition) is 2. The molecule has 2 aromatic carbocycles. The maximum absolute atomic E-state index is 11.4. The van der Waals surface area contributed by atoms with Gasteiger partial charge in [-0.1, -0.05) is 24.3 Å². The summed E-state index contributed by atoms with van der Waals surface area (Å²) in [7, 11) is 0. The summed E-state index contributed by atoms with van der Waals surface area (Å²) in [4.78, 5) is 11.4. The van der Waals surface area contributed by atoms with E-state index < -0.39 is 0 Å². The largest absolute Gasteiger partial charge is 0.507 e. The second-order valence-electron chi connectivity index (χ2n) is 3.14. The molecule has 2 N–H and O–H groups in total. The quantitative estimate of drug-likeness (QED) is 0.628. The lowest BCUT2D eigenvalue weighted by Crippen LogP contribution is -2.11. The third-order valence-electron chi connectivity index (χ3n) is 2.19. The number of nitrogens with one attached hydrogen (secondary N) is 1. The van der Waals surface area contributed by atoms with Gasteiger partial charge in [0.1, 0.15) is 5.75 Å². The molecule has 0 bridgehead atoms. The Morgan fingerprint density at radius 1 is 1.20 bits per heavy atom. The molecule has 0 aliphatic carbocycles. The average Bonchev–Trinajstić information content (AvgIpc) is 2.27. The molecule has 0 heterocycles. The molecule has 15 heavy (non-hydrogen) atoms. The van der Waals surface area contributed by atoms with Gasteiger partial charge in [-0.2, -0.15) is 0 Å². The zero-order valence-corrected chi connectivity index (χ0v) is 9.86. The Labute approximate surface area is 101 Å². The second-order valence-corrected chi connectivity index (χ2v) is 3.68. The van der Waals surface area contributed by atoms with E-state index in [0.717, 1.165) is 10.8 Å². The number of phenols is 1. The highest BCUT2D eigenvalue weighted by molar-refractivity contribution is 14.1. The fraction of sp³-hybridized carbons (Fsp3) is 0. The SMILES string of the molecule is O=C(NI)c1cc2ccccc2cc1O. The van der Waals surface area contributed by atoms with E-state index in [2.05, 4.69) is 3.53 Å². The summed E-state index contributed by atoms with van der Waals surface area (Å²) in [6.07, 6.45) is 0. The first kappa shape index (κ1) is 10.2. The highest BCUT2D eigenvalue weighted by atomic mass is 127. The van der Waals surface area contributed by atoms with Crippen LogP contribution in [0.2, 0.25) is 0 Å². The predicted octanol–water partition coefficient (Wildman–Crippen LogP) is 2.63. The first-order valence-corrected chi connectivity index (χ1v) is 5.43. The number of benzene rings is 2. The van der Waals surface area contributed by atoms with Crippen molar-refractivity contribution < 1.29 is 9.90 Å². The number of phenolic OH excluding ortho intramolecular Hbond substituents is 1. The molecule has 0 saturated heterocycles. The number of amides is 1. The smallest absolute Gasteiger partial charge is 0.263 e. The molecule has 0 atom stereocenters. The summed E-state index contributed by atoms with van der Waals surface area (Å²) >= 11 is 1.75. The van der Waals surface area contributed by atoms with Crippen LogP contribution in [0.5, 0.6) is 5.75 Å². The zero-order chi connectivity index (χ0) is 10.8. The van der Waals surface area contributed by atoms with Crippen LogP contribution in [0.25, 0.3) is 10.8 Å². The van der Waals surface area contributed by atoms with Crippen LogP contribution in [0.1, 0.15) is 10.4 Å². The van der Waals surface area contributed by atoms with Crippen LogP contribution < -0.4 is 3.53 Å². The van der Waals surface area contributed by atoms with Gasteiger partial charge in [0.25, 0.3) is 5.91 Å². The summed E-state index contributed by atoms with van der Waals surface area (Å²) in [5.74, 6) is -0.290. The van der Waals surface area contributed by atoms with Crippen molar-refractivity contribution in [2.24, 2.45) is 0 Å². The molecule has 0 aliphatic heterocycles. The van der Waals surface area contributed by atoms with Gasteiger partial charge in [0.15, 0.2) is 0 Å². The molecule has 2 rings (SSSR count). The van der Waals surface area contributed by atoms with E-state index in [1.54, 1.807) is 35.0 Å². The summed E-state index contributed by atoms with van der Waals surface area (Å²) in [5, 5.41) is 11.5. The van der Waals surface area contributed by atoms with Gasteiger partial charge in [0, 0.05) is 0 Å². The van der Waals surface area contributed by atoms with Crippen molar-refractivity contribution in [1.29, 1.82) is 0 Å². The van der Waals surface area contributed by atoms with Crippen molar-refractivity contribution in [1.82, 2.24) is 3.53 Å². The molecule has 0 spiro atoms. The Morgan fingerprint density at radius 3 is 2.40 bits per heavy atom. The highest BCUT2D eigenvalue weighted by Gasteiger charge is 2.10. The number of fused-ring (bicyclic) bond motifs is 1. The lowest BCUT2D eigenvalue weighted by atomic mass is 10.1.